The molecule has 14 heavy (non-hydrogen) atoms. The largest absolute Gasteiger partial charge is 0.339 e. The summed E-state index contributed by atoms with van der Waals surface area (Å²) in [5.74, 6) is 1.97. The molecule has 1 unspecified atom stereocenters. The number of rotatable bonds is 4. The molecule has 1 aromatic heterocycles. The van der Waals surface area contributed by atoms with Gasteiger partial charge >= 0.3 is 0 Å². The topological polar surface area (TPSA) is 64.9 Å². The zero-order valence-corrected chi connectivity index (χ0v) is 8.57. The van der Waals surface area contributed by atoms with Crippen molar-refractivity contribution in [3.63, 3.8) is 0 Å². The number of aromatic nitrogens is 2. The number of nitrogens with two attached hydrogens (primary N) is 1. The Bertz CT molecular complexity index is 293. The molecule has 0 saturated heterocycles. The van der Waals surface area contributed by atoms with Gasteiger partial charge in [-0.15, -0.1) is 0 Å². The summed E-state index contributed by atoms with van der Waals surface area (Å²) in [4.78, 5) is 4.35. The van der Waals surface area contributed by atoms with Crippen LogP contribution in [0.5, 0.6) is 0 Å². The first-order valence-electron chi connectivity index (χ1n) is 5.40. The average molecular weight is 195 g/mol. The van der Waals surface area contributed by atoms with E-state index in [-0.39, 0.29) is 6.04 Å². The Hall–Kier alpha value is -0.900. The SMILES string of the molecule is CCCC(N)c1noc(C2CCC2)n1. The molecule has 78 valence electrons. The predicted octanol–water partition coefficient (Wildman–Crippen LogP) is 2.14. The fraction of sp³-hybridized carbons (Fsp3) is 0.800. The van der Waals surface area contributed by atoms with Crippen LogP contribution in [-0.4, -0.2) is 10.1 Å². The van der Waals surface area contributed by atoms with Gasteiger partial charge in [-0.1, -0.05) is 24.9 Å². The zero-order chi connectivity index (χ0) is 9.97. The molecule has 0 spiro atoms. The molecule has 2 N–H and O–H groups in total. The van der Waals surface area contributed by atoms with Gasteiger partial charge in [-0.25, -0.2) is 0 Å². The quantitative estimate of drug-likeness (QED) is 0.799. The Morgan fingerprint density at radius 1 is 1.57 bits per heavy atom. The highest BCUT2D eigenvalue weighted by molar-refractivity contribution is 5.00. The van der Waals surface area contributed by atoms with E-state index in [4.69, 9.17) is 10.3 Å². The summed E-state index contributed by atoms with van der Waals surface area (Å²) in [6.07, 6.45) is 5.62. The fourth-order valence-electron chi connectivity index (χ4n) is 1.66. The summed E-state index contributed by atoms with van der Waals surface area (Å²) in [5, 5.41) is 3.93. The Kier molecular flexibility index (Phi) is 2.82. The second-order valence-electron chi connectivity index (χ2n) is 4.01. The van der Waals surface area contributed by atoms with Crippen molar-refractivity contribution in [2.75, 3.05) is 0 Å². The molecule has 1 aliphatic rings. The van der Waals surface area contributed by atoms with Gasteiger partial charge in [-0.3, -0.25) is 0 Å². The van der Waals surface area contributed by atoms with Gasteiger partial charge in [-0.2, -0.15) is 4.98 Å². The number of hydrogen-bond acceptors (Lipinski definition) is 4. The van der Waals surface area contributed by atoms with E-state index in [0.29, 0.717) is 11.7 Å². The molecule has 1 heterocycles. The highest BCUT2D eigenvalue weighted by Crippen LogP contribution is 2.35. The minimum Gasteiger partial charge on any atom is -0.339 e. The highest BCUT2D eigenvalue weighted by atomic mass is 16.5. The summed E-state index contributed by atoms with van der Waals surface area (Å²) in [5.41, 5.74) is 5.89. The van der Waals surface area contributed by atoms with Crippen LogP contribution in [0, 0.1) is 0 Å². The third-order valence-corrected chi connectivity index (χ3v) is 2.84. The summed E-state index contributed by atoms with van der Waals surface area (Å²) >= 11 is 0. The van der Waals surface area contributed by atoms with E-state index in [1.807, 2.05) is 0 Å². The maximum absolute atomic E-state index is 5.89. The summed E-state index contributed by atoms with van der Waals surface area (Å²) < 4.78 is 5.19. The van der Waals surface area contributed by atoms with E-state index in [1.165, 1.54) is 19.3 Å². The van der Waals surface area contributed by atoms with Gasteiger partial charge in [0.1, 0.15) is 0 Å². The molecular formula is C10H17N3O. The molecule has 1 aliphatic carbocycles. The minimum atomic E-state index is -0.0578. The number of hydrogen-bond donors (Lipinski definition) is 1. The van der Waals surface area contributed by atoms with Crippen LogP contribution in [0.15, 0.2) is 4.52 Å². The lowest BCUT2D eigenvalue weighted by molar-refractivity contribution is 0.290. The maximum atomic E-state index is 5.89. The van der Waals surface area contributed by atoms with Crippen molar-refractivity contribution >= 4 is 0 Å². The second-order valence-corrected chi connectivity index (χ2v) is 4.01. The first kappa shape index (κ1) is 9.65. The maximum Gasteiger partial charge on any atom is 0.229 e. The first-order valence-corrected chi connectivity index (χ1v) is 5.40. The zero-order valence-electron chi connectivity index (χ0n) is 8.57. The second kappa shape index (κ2) is 4.09. The van der Waals surface area contributed by atoms with Crippen molar-refractivity contribution < 1.29 is 4.52 Å². The standard InChI is InChI=1S/C10H17N3O/c1-2-4-8(11)9-12-10(14-13-9)7-5-3-6-7/h7-8H,2-6,11H2,1H3. The lowest BCUT2D eigenvalue weighted by atomic mass is 9.85. The molecule has 1 saturated carbocycles. The predicted molar refractivity (Wildman–Crippen MR) is 52.7 cm³/mol. The smallest absolute Gasteiger partial charge is 0.229 e. The van der Waals surface area contributed by atoms with Gasteiger partial charge in [0.2, 0.25) is 5.89 Å². The van der Waals surface area contributed by atoms with Crippen LogP contribution in [0.25, 0.3) is 0 Å². The van der Waals surface area contributed by atoms with Crippen molar-refractivity contribution in [1.82, 2.24) is 10.1 Å². The Morgan fingerprint density at radius 2 is 2.36 bits per heavy atom. The molecule has 2 rings (SSSR count). The van der Waals surface area contributed by atoms with Crippen molar-refractivity contribution in [2.24, 2.45) is 5.73 Å². The van der Waals surface area contributed by atoms with Crippen LogP contribution >= 0.6 is 0 Å². The van der Waals surface area contributed by atoms with E-state index in [9.17, 15) is 0 Å². The molecule has 0 aromatic carbocycles. The molecule has 1 aromatic rings. The molecular weight excluding hydrogens is 178 g/mol. The molecule has 0 bridgehead atoms. The van der Waals surface area contributed by atoms with Crippen molar-refractivity contribution in [3.8, 4) is 0 Å². The van der Waals surface area contributed by atoms with Crippen molar-refractivity contribution in [3.05, 3.63) is 11.7 Å². The lowest BCUT2D eigenvalue weighted by Gasteiger charge is -2.20. The average Bonchev–Trinajstić information content (AvgIpc) is 2.50. The third-order valence-electron chi connectivity index (χ3n) is 2.84. The van der Waals surface area contributed by atoms with Gasteiger partial charge in [0.25, 0.3) is 0 Å². The Labute approximate surface area is 83.9 Å². The van der Waals surface area contributed by atoms with E-state index < -0.39 is 0 Å². The van der Waals surface area contributed by atoms with E-state index in [0.717, 1.165) is 18.7 Å². The van der Waals surface area contributed by atoms with Crippen LogP contribution in [0.1, 0.15) is 62.7 Å². The van der Waals surface area contributed by atoms with Gasteiger partial charge in [0, 0.05) is 5.92 Å². The van der Waals surface area contributed by atoms with Gasteiger partial charge in [0.05, 0.1) is 6.04 Å². The van der Waals surface area contributed by atoms with E-state index in [1.54, 1.807) is 0 Å². The number of nitrogens with zero attached hydrogens (tertiary/aromatic N) is 2. The van der Waals surface area contributed by atoms with Crippen molar-refractivity contribution in [2.45, 2.75) is 51.0 Å². The third kappa shape index (κ3) is 1.80. The normalized spacial score (nSPS) is 19.3. The molecule has 0 amide bonds. The molecule has 1 fully saturated rings. The van der Waals surface area contributed by atoms with E-state index >= 15 is 0 Å². The lowest BCUT2D eigenvalue weighted by Crippen LogP contribution is -2.13. The van der Waals surface area contributed by atoms with Crippen LogP contribution < -0.4 is 5.73 Å². The molecule has 4 heteroatoms. The van der Waals surface area contributed by atoms with Gasteiger partial charge in [-0.05, 0) is 19.3 Å². The Morgan fingerprint density at radius 3 is 2.93 bits per heavy atom. The molecule has 0 aliphatic heterocycles. The van der Waals surface area contributed by atoms with E-state index in [2.05, 4.69) is 17.1 Å². The van der Waals surface area contributed by atoms with Gasteiger partial charge in [0.15, 0.2) is 5.82 Å². The highest BCUT2D eigenvalue weighted by Gasteiger charge is 2.26. The minimum absolute atomic E-state index is 0.0578. The van der Waals surface area contributed by atoms with Crippen molar-refractivity contribution in [1.29, 1.82) is 0 Å². The van der Waals surface area contributed by atoms with Crippen LogP contribution in [-0.2, 0) is 0 Å². The van der Waals surface area contributed by atoms with Crippen LogP contribution in [0.3, 0.4) is 0 Å². The summed E-state index contributed by atoms with van der Waals surface area (Å²) in [7, 11) is 0. The molecule has 4 nitrogen and oxygen atoms in total. The van der Waals surface area contributed by atoms with Crippen LogP contribution in [0.4, 0.5) is 0 Å². The summed E-state index contributed by atoms with van der Waals surface area (Å²) in [6, 6.07) is -0.0578. The first-order chi connectivity index (χ1) is 6.81. The Balaban J connectivity index is 2.01. The van der Waals surface area contributed by atoms with Gasteiger partial charge < -0.3 is 10.3 Å². The molecule has 1 atom stereocenters. The fourth-order valence-corrected chi connectivity index (χ4v) is 1.66. The summed E-state index contributed by atoms with van der Waals surface area (Å²) in [6.45, 7) is 2.10. The monoisotopic (exact) mass is 195 g/mol. The molecule has 0 radical (unpaired) electrons. The van der Waals surface area contributed by atoms with Crippen LogP contribution in [0.2, 0.25) is 0 Å².